The van der Waals surface area contributed by atoms with Crippen molar-refractivity contribution in [3.63, 3.8) is 0 Å². The molecule has 0 aromatic heterocycles. The highest BCUT2D eigenvalue weighted by molar-refractivity contribution is 5.84. The zero-order valence-electron chi connectivity index (χ0n) is 12.6. The van der Waals surface area contributed by atoms with Gasteiger partial charge in [-0.2, -0.15) is 0 Å². The second-order valence-corrected chi connectivity index (χ2v) is 6.26. The Morgan fingerprint density at radius 3 is 2.95 bits per heavy atom. The minimum atomic E-state index is 0.397. The van der Waals surface area contributed by atoms with E-state index in [1.165, 1.54) is 31.2 Å². The van der Waals surface area contributed by atoms with Gasteiger partial charge in [0.1, 0.15) is 5.75 Å². The third kappa shape index (κ3) is 2.08. The van der Waals surface area contributed by atoms with Gasteiger partial charge in [0, 0.05) is 18.2 Å². The molecule has 112 valence electrons. The zero-order chi connectivity index (χ0) is 14.2. The van der Waals surface area contributed by atoms with Crippen LogP contribution in [-0.2, 0) is 0 Å². The van der Waals surface area contributed by atoms with Crippen LogP contribution in [0.25, 0.3) is 0 Å². The first-order valence-corrected chi connectivity index (χ1v) is 8.10. The summed E-state index contributed by atoms with van der Waals surface area (Å²) in [4.78, 5) is 7.28. The fourth-order valence-corrected chi connectivity index (χ4v) is 4.19. The van der Waals surface area contributed by atoms with Gasteiger partial charge in [-0.3, -0.25) is 4.99 Å². The van der Waals surface area contributed by atoms with E-state index < -0.39 is 0 Å². The van der Waals surface area contributed by atoms with Crippen LogP contribution in [-0.4, -0.2) is 36.6 Å². The summed E-state index contributed by atoms with van der Waals surface area (Å²) in [6, 6.07) is 10.0. The van der Waals surface area contributed by atoms with E-state index in [0.717, 1.165) is 24.7 Å². The fraction of sp³-hybridized carbons (Fsp3) is 0.588. The first kappa shape index (κ1) is 13.0. The highest BCUT2D eigenvalue weighted by Crippen LogP contribution is 2.40. The van der Waals surface area contributed by atoms with E-state index in [0.29, 0.717) is 18.1 Å². The lowest BCUT2D eigenvalue weighted by molar-refractivity contribution is 0.185. The van der Waals surface area contributed by atoms with Crippen LogP contribution in [0.5, 0.6) is 5.75 Å². The molecule has 4 heteroatoms. The molecule has 1 saturated carbocycles. The molecule has 1 aromatic carbocycles. The van der Waals surface area contributed by atoms with Crippen molar-refractivity contribution in [3.05, 3.63) is 29.8 Å². The summed E-state index contributed by atoms with van der Waals surface area (Å²) >= 11 is 0. The molecule has 0 spiro atoms. The number of hydrogen-bond donors (Lipinski definition) is 1. The number of aliphatic imine (C=N–C) groups is 1. The van der Waals surface area contributed by atoms with Crippen LogP contribution >= 0.6 is 0 Å². The maximum absolute atomic E-state index is 5.60. The normalized spacial score (nSPS) is 31.0. The van der Waals surface area contributed by atoms with Crippen LogP contribution in [0.2, 0.25) is 0 Å². The minimum Gasteiger partial charge on any atom is -0.496 e. The van der Waals surface area contributed by atoms with Crippen molar-refractivity contribution in [2.45, 2.75) is 50.2 Å². The smallest absolute Gasteiger partial charge is 0.195 e. The number of nitrogens with one attached hydrogen (secondary N) is 1. The molecule has 3 atom stereocenters. The van der Waals surface area contributed by atoms with Gasteiger partial charge in [-0.25, -0.2) is 0 Å². The number of nitrogens with zero attached hydrogens (tertiary/aromatic N) is 2. The topological polar surface area (TPSA) is 36.9 Å². The van der Waals surface area contributed by atoms with E-state index in [2.05, 4.69) is 28.4 Å². The lowest BCUT2D eigenvalue weighted by Gasteiger charge is -2.39. The molecule has 0 radical (unpaired) electrons. The predicted octanol–water partition coefficient (Wildman–Crippen LogP) is 2.71. The van der Waals surface area contributed by atoms with E-state index in [9.17, 15) is 0 Å². The van der Waals surface area contributed by atoms with Crippen LogP contribution in [0.15, 0.2) is 29.3 Å². The molecule has 0 amide bonds. The Balaban J connectivity index is 1.71. The van der Waals surface area contributed by atoms with E-state index >= 15 is 0 Å². The number of methoxy groups -OCH3 is 1. The van der Waals surface area contributed by atoms with Crippen molar-refractivity contribution in [2.24, 2.45) is 4.99 Å². The molecule has 1 aliphatic carbocycles. The quantitative estimate of drug-likeness (QED) is 0.907. The highest BCUT2D eigenvalue weighted by atomic mass is 16.5. The molecule has 1 aromatic rings. The van der Waals surface area contributed by atoms with E-state index in [4.69, 9.17) is 9.73 Å². The number of ether oxygens (including phenoxy) is 1. The summed E-state index contributed by atoms with van der Waals surface area (Å²) in [7, 11) is 1.77. The van der Waals surface area contributed by atoms with Crippen molar-refractivity contribution in [1.29, 1.82) is 0 Å². The third-order valence-electron chi connectivity index (χ3n) is 5.14. The van der Waals surface area contributed by atoms with Crippen molar-refractivity contribution >= 4 is 5.96 Å². The molecule has 3 aliphatic rings. The Morgan fingerprint density at radius 1 is 1.19 bits per heavy atom. The SMILES string of the molecule is COc1ccccc1C1CCN=C2NC3CCCCC3N21. The van der Waals surface area contributed by atoms with Crippen LogP contribution in [0.4, 0.5) is 0 Å². The van der Waals surface area contributed by atoms with Crippen molar-refractivity contribution < 1.29 is 4.74 Å². The molecular formula is C17H23N3O. The Morgan fingerprint density at radius 2 is 2.05 bits per heavy atom. The molecular weight excluding hydrogens is 262 g/mol. The van der Waals surface area contributed by atoms with Gasteiger partial charge in [-0.1, -0.05) is 31.0 Å². The Kier molecular flexibility index (Phi) is 3.24. The summed E-state index contributed by atoms with van der Waals surface area (Å²) in [6.45, 7) is 0.904. The number of hydrogen-bond acceptors (Lipinski definition) is 4. The number of fused-ring (bicyclic) bond motifs is 3. The molecule has 2 fully saturated rings. The lowest BCUT2D eigenvalue weighted by atomic mass is 9.89. The van der Waals surface area contributed by atoms with Gasteiger partial charge in [-0.15, -0.1) is 0 Å². The van der Waals surface area contributed by atoms with Crippen LogP contribution < -0.4 is 10.1 Å². The molecule has 21 heavy (non-hydrogen) atoms. The maximum atomic E-state index is 5.60. The van der Waals surface area contributed by atoms with Crippen molar-refractivity contribution in [1.82, 2.24) is 10.2 Å². The summed E-state index contributed by atoms with van der Waals surface area (Å²) in [5.74, 6) is 2.12. The van der Waals surface area contributed by atoms with Crippen LogP contribution in [0, 0.1) is 0 Å². The van der Waals surface area contributed by atoms with Crippen molar-refractivity contribution in [2.75, 3.05) is 13.7 Å². The van der Waals surface area contributed by atoms with Gasteiger partial charge in [0.2, 0.25) is 0 Å². The van der Waals surface area contributed by atoms with E-state index in [1.807, 2.05) is 6.07 Å². The van der Waals surface area contributed by atoms with Gasteiger partial charge >= 0.3 is 0 Å². The van der Waals surface area contributed by atoms with Gasteiger partial charge in [0.25, 0.3) is 0 Å². The first-order chi connectivity index (χ1) is 10.4. The van der Waals surface area contributed by atoms with E-state index in [1.54, 1.807) is 7.11 Å². The summed E-state index contributed by atoms with van der Waals surface area (Å²) in [5.41, 5.74) is 1.31. The van der Waals surface area contributed by atoms with Crippen LogP contribution in [0.1, 0.15) is 43.7 Å². The lowest BCUT2D eigenvalue weighted by Crippen LogP contribution is -2.43. The molecule has 0 bridgehead atoms. The van der Waals surface area contributed by atoms with Gasteiger partial charge < -0.3 is 15.0 Å². The number of benzene rings is 1. The van der Waals surface area contributed by atoms with Crippen LogP contribution in [0.3, 0.4) is 0 Å². The Hall–Kier alpha value is -1.71. The minimum absolute atomic E-state index is 0.397. The van der Waals surface area contributed by atoms with Gasteiger partial charge in [0.15, 0.2) is 5.96 Å². The molecule has 2 heterocycles. The fourth-order valence-electron chi connectivity index (χ4n) is 4.19. The Labute approximate surface area is 126 Å². The standard InChI is InChI=1S/C17H23N3O/c1-21-16-9-5-2-6-12(16)14-10-11-18-17-19-13-7-3-4-8-15(13)20(14)17/h2,5-6,9,13-15H,3-4,7-8,10-11H2,1H3,(H,18,19). The molecule has 3 unspecified atom stereocenters. The highest BCUT2D eigenvalue weighted by Gasteiger charge is 2.44. The maximum Gasteiger partial charge on any atom is 0.195 e. The molecule has 1 saturated heterocycles. The first-order valence-electron chi connectivity index (χ1n) is 8.10. The number of guanidine groups is 1. The zero-order valence-corrected chi connectivity index (χ0v) is 12.6. The number of para-hydroxylation sites is 1. The third-order valence-corrected chi connectivity index (χ3v) is 5.14. The summed E-state index contributed by atoms with van der Waals surface area (Å²) < 4.78 is 5.60. The molecule has 4 nitrogen and oxygen atoms in total. The van der Waals surface area contributed by atoms with E-state index in [-0.39, 0.29) is 0 Å². The van der Waals surface area contributed by atoms with Gasteiger partial charge in [0.05, 0.1) is 19.2 Å². The Bertz CT molecular complexity index is 557. The average molecular weight is 285 g/mol. The van der Waals surface area contributed by atoms with Gasteiger partial charge in [-0.05, 0) is 25.3 Å². The number of rotatable bonds is 2. The van der Waals surface area contributed by atoms with Crippen molar-refractivity contribution in [3.8, 4) is 5.75 Å². The molecule has 4 rings (SSSR count). The second kappa shape index (κ2) is 5.24. The average Bonchev–Trinajstić information content (AvgIpc) is 2.93. The predicted molar refractivity (Wildman–Crippen MR) is 83.7 cm³/mol. The molecule has 1 N–H and O–H groups in total. The summed E-state index contributed by atoms with van der Waals surface area (Å²) in [6.07, 6.45) is 6.32. The molecule has 2 aliphatic heterocycles. The second-order valence-electron chi connectivity index (χ2n) is 6.26. The largest absolute Gasteiger partial charge is 0.496 e. The summed E-state index contributed by atoms with van der Waals surface area (Å²) in [5, 5.41) is 3.67. The monoisotopic (exact) mass is 285 g/mol.